The lowest BCUT2D eigenvalue weighted by Gasteiger charge is -2.19. The molecule has 1 aromatic heterocycles. The molecule has 1 heterocycles. The maximum absolute atomic E-state index is 6.48. The number of ether oxygens (including phenoxy) is 3. The lowest BCUT2D eigenvalue weighted by atomic mass is 10.0. The van der Waals surface area contributed by atoms with Gasteiger partial charge in [0.1, 0.15) is 12.4 Å². The number of nitrogens with two attached hydrogens (primary N) is 1. The largest absolute Gasteiger partial charge is 0.493 e. The number of thiophene rings is 1. The van der Waals surface area contributed by atoms with Crippen molar-refractivity contribution in [3.63, 3.8) is 0 Å². The van der Waals surface area contributed by atoms with E-state index in [1.165, 1.54) is 0 Å². The van der Waals surface area contributed by atoms with Crippen molar-refractivity contribution >= 4 is 23.7 Å². The normalized spacial score (nSPS) is 11.3. The third-order valence-corrected chi connectivity index (χ3v) is 4.89. The Kier molecular flexibility index (Phi) is 7.33. The first-order valence-corrected chi connectivity index (χ1v) is 8.82. The summed E-state index contributed by atoms with van der Waals surface area (Å²) in [5.74, 6) is 1.95. The molecule has 3 rings (SSSR count). The van der Waals surface area contributed by atoms with Crippen molar-refractivity contribution in [1.29, 1.82) is 0 Å². The highest BCUT2D eigenvalue weighted by molar-refractivity contribution is 7.10. The molecule has 2 N–H and O–H groups in total. The molecule has 0 aliphatic rings. The predicted octanol–water partition coefficient (Wildman–Crippen LogP) is 4.81. The van der Waals surface area contributed by atoms with Gasteiger partial charge in [0.05, 0.1) is 20.3 Å². The van der Waals surface area contributed by atoms with E-state index in [2.05, 4.69) is 0 Å². The van der Waals surface area contributed by atoms with Crippen LogP contribution < -0.4 is 19.9 Å². The standard InChI is InChI=1S/C20H21NO3S.ClH/c1-22-17-11-15(20(21)19-9-6-10-25-19)16(12-18(17)23-2)24-13-14-7-4-3-5-8-14;/h3-12,20H,13,21H2,1-2H3;1H/t20-;/m1./s1. The second kappa shape index (κ2) is 9.48. The molecule has 0 bridgehead atoms. The summed E-state index contributed by atoms with van der Waals surface area (Å²) < 4.78 is 16.9. The minimum atomic E-state index is -0.287. The highest BCUT2D eigenvalue weighted by Crippen LogP contribution is 2.39. The summed E-state index contributed by atoms with van der Waals surface area (Å²) in [4.78, 5) is 1.07. The van der Waals surface area contributed by atoms with Gasteiger partial charge in [0.25, 0.3) is 0 Å². The molecule has 0 unspecified atom stereocenters. The van der Waals surface area contributed by atoms with Crippen molar-refractivity contribution in [3.05, 3.63) is 76.0 Å². The Balaban J connectivity index is 0.00000243. The second-order valence-electron chi connectivity index (χ2n) is 5.51. The van der Waals surface area contributed by atoms with Gasteiger partial charge in [-0.05, 0) is 23.1 Å². The van der Waals surface area contributed by atoms with E-state index in [1.54, 1.807) is 25.6 Å². The zero-order chi connectivity index (χ0) is 17.6. The Labute approximate surface area is 163 Å². The number of rotatable bonds is 7. The van der Waals surface area contributed by atoms with Crippen molar-refractivity contribution in [1.82, 2.24) is 0 Å². The highest BCUT2D eigenvalue weighted by atomic mass is 35.5. The summed E-state index contributed by atoms with van der Waals surface area (Å²) in [6.45, 7) is 0.459. The molecule has 4 nitrogen and oxygen atoms in total. The molecule has 0 radical (unpaired) electrons. The fourth-order valence-electron chi connectivity index (χ4n) is 2.60. The van der Waals surface area contributed by atoms with E-state index in [1.807, 2.05) is 60.0 Å². The quantitative estimate of drug-likeness (QED) is 0.627. The van der Waals surface area contributed by atoms with Crippen LogP contribution in [0.25, 0.3) is 0 Å². The summed E-state index contributed by atoms with van der Waals surface area (Å²) in [6, 6.07) is 17.5. The van der Waals surface area contributed by atoms with Crippen LogP contribution in [0.3, 0.4) is 0 Å². The highest BCUT2D eigenvalue weighted by Gasteiger charge is 2.19. The van der Waals surface area contributed by atoms with Gasteiger partial charge in [-0.2, -0.15) is 0 Å². The molecule has 0 aliphatic carbocycles. The minimum Gasteiger partial charge on any atom is -0.493 e. The molecule has 6 heteroatoms. The van der Waals surface area contributed by atoms with Crippen LogP contribution in [0, 0.1) is 0 Å². The molecule has 0 aliphatic heterocycles. The van der Waals surface area contributed by atoms with Crippen molar-refractivity contribution < 1.29 is 14.2 Å². The molecule has 1 atom stereocenters. The van der Waals surface area contributed by atoms with Crippen molar-refractivity contribution in [2.45, 2.75) is 12.6 Å². The predicted molar refractivity (Wildman–Crippen MR) is 108 cm³/mol. The average Bonchev–Trinajstić information content (AvgIpc) is 3.20. The molecule has 138 valence electrons. The van der Waals surface area contributed by atoms with E-state index in [0.29, 0.717) is 23.9 Å². The first-order chi connectivity index (χ1) is 12.2. The first-order valence-electron chi connectivity index (χ1n) is 7.94. The maximum Gasteiger partial charge on any atom is 0.164 e. The monoisotopic (exact) mass is 391 g/mol. The van der Waals surface area contributed by atoms with Crippen LogP contribution in [0.4, 0.5) is 0 Å². The van der Waals surface area contributed by atoms with Crippen LogP contribution in [0.15, 0.2) is 60.0 Å². The van der Waals surface area contributed by atoms with Crippen molar-refractivity contribution in [3.8, 4) is 17.2 Å². The van der Waals surface area contributed by atoms with Gasteiger partial charge in [-0.25, -0.2) is 0 Å². The number of halogens is 1. The Morgan fingerprint density at radius 2 is 1.62 bits per heavy atom. The molecule has 0 spiro atoms. The second-order valence-corrected chi connectivity index (χ2v) is 6.49. The SMILES string of the molecule is COc1cc(OCc2ccccc2)c([C@@H](N)c2cccs2)cc1OC.Cl. The molecular weight excluding hydrogens is 370 g/mol. The Morgan fingerprint density at radius 1 is 0.923 bits per heavy atom. The van der Waals surface area contributed by atoms with E-state index in [0.717, 1.165) is 16.0 Å². The Bertz CT molecular complexity index is 809. The summed E-state index contributed by atoms with van der Waals surface area (Å²) >= 11 is 1.62. The summed E-state index contributed by atoms with van der Waals surface area (Å²) in [7, 11) is 3.22. The maximum atomic E-state index is 6.48. The number of methoxy groups -OCH3 is 2. The van der Waals surface area contributed by atoms with E-state index in [9.17, 15) is 0 Å². The number of hydrogen-bond donors (Lipinski definition) is 1. The van der Waals surface area contributed by atoms with Gasteiger partial charge in [-0.1, -0.05) is 36.4 Å². The summed E-state index contributed by atoms with van der Waals surface area (Å²) in [5.41, 5.74) is 8.44. The van der Waals surface area contributed by atoms with Gasteiger partial charge in [-0.15, -0.1) is 23.7 Å². The van der Waals surface area contributed by atoms with Crippen molar-refractivity contribution in [2.24, 2.45) is 5.73 Å². The molecule has 3 aromatic rings. The van der Waals surface area contributed by atoms with Crippen LogP contribution in [-0.2, 0) is 6.61 Å². The van der Waals surface area contributed by atoms with Gasteiger partial charge in [0.15, 0.2) is 11.5 Å². The fourth-order valence-corrected chi connectivity index (χ4v) is 3.35. The van der Waals surface area contributed by atoms with E-state index >= 15 is 0 Å². The van der Waals surface area contributed by atoms with Gasteiger partial charge in [0, 0.05) is 16.5 Å². The van der Waals surface area contributed by atoms with Crippen LogP contribution in [-0.4, -0.2) is 14.2 Å². The smallest absolute Gasteiger partial charge is 0.164 e. The van der Waals surface area contributed by atoms with Crippen LogP contribution in [0.5, 0.6) is 17.2 Å². The Morgan fingerprint density at radius 3 is 2.23 bits per heavy atom. The third-order valence-electron chi connectivity index (χ3n) is 3.94. The number of benzene rings is 2. The lowest BCUT2D eigenvalue weighted by molar-refractivity contribution is 0.296. The van der Waals surface area contributed by atoms with Gasteiger partial charge in [-0.3, -0.25) is 0 Å². The average molecular weight is 392 g/mol. The molecular formula is C20H22ClNO3S. The minimum absolute atomic E-state index is 0. The van der Waals surface area contributed by atoms with Gasteiger partial charge in [0.2, 0.25) is 0 Å². The molecule has 0 saturated heterocycles. The zero-order valence-electron chi connectivity index (χ0n) is 14.7. The summed E-state index contributed by atoms with van der Waals surface area (Å²) in [6.07, 6.45) is 0. The van der Waals surface area contributed by atoms with Crippen LogP contribution >= 0.6 is 23.7 Å². The molecule has 2 aromatic carbocycles. The molecule has 26 heavy (non-hydrogen) atoms. The topological polar surface area (TPSA) is 53.7 Å². The zero-order valence-corrected chi connectivity index (χ0v) is 16.3. The van der Waals surface area contributed by atoms with Crippen LogP contribution in [0.1, 0.15) is 22.0 Å². The lowest BCUT2D eigenvalue weighted by Crippen LogP contribution is -2.13. The third kappa shape index (κ3) is 4.49. The number of hydrogen-bond acceptors (Lipinski definition) is 5. The van der Waals surface area contributed by atoms with Crippen molar-refractivity contribution in [2.75, 3.05) is 14.2 Å². The van der Waals surface area contributed by atoms with Gasteiger partial charge >= 0.3 is 0 Å². The van der Waals surface area contributed by atoms with Gasteiger partial charge < -0.3 is 19.9 Å². The fraction of sp³-hybridized carbons (Fsp3) is 0.200. The van der Waals surface area contributed by atoms with E-state index < -0.39 is 0 Å². The molecule has 0 saturated carbocycles. The first kappa shape index (κ1) is 20.1. The van der Waals surface area contributed by atoms with E-state index in [-0.39, 0.29) is 18.4 Å². The molecule has 0 amide bonds. The summed E-state index contributed by atoms with van der Waals surface area (Å²) in [5, 5.41) is 2.01. The Hall–Kier alpha value is -2.21. The van der Waals surface area contributed by atoms with Crippen LogP contribution in [0.2, 0.25) is 0 Å². The van der Waals surface area contributed by atoms with E-state index in [4.69, 9.17) is 19.9 Å². The molecule has 0 fully saturated rings.